The molecule has 0 saturated carbocycles. The molecule has 2 saturated heterocycles. The molecule has 2 fully saturated rings. The number of ether oxygens (including phenoxy) is 1. The lowest BCUT2D eigenvalue weighted by atomic mass is 10.0. The van der Waals surface area contributed by atoms with Crippen LogP contribution in [-0.2, 0) is 0 Å². The predicted octanol–water partition coefficient (Wildman–Crippen LogP) is 1.47. The molecule has 3 heterocycles. The van der Waals surface area contributed by atoms with Crippen molar-refractivity contribution in [3.63, 3.8) is 0 Å². The lowest BCUT2D eigenvalue weighted by Crippen LogP contribution is -2.29. The summed E-state index contributed by atoms with van der Waals surface area (Å²) in [5, 5.41) is 9.79. The number of aliphatic hydroxyl groups is 1. The molecule has 1 aromatic heterocycles. The van der Waals surface area contributed by atoms with Gasteiger partial charge in [0.25, 0.3) is 0 Å². The number of methoxy groups -OCH3 is 1. The van der Waals surface area contributed by atoms with E-state index in [0.29, 0.717) is 17.9 Å². The average Bonchev–Trinajstić information content (AvgIpc) is 2.91. The summed E-state index contributed by atoms with van der Waals surface area (Å²) in [7, 11) is 1.59. The molecule has 3 rings (SSSR count). The van der Waals surface area contributed by atoms with Crippen LogP contribution in [0.2, 0.25) is 0 Å². The maximum Gasteiger partial charge on any atom is 0.322 e. The maximum atomic E-state index is 9.79. The third-order valence-corrected chi connectivity index (χ3v) is 4.85. The molecule has 1 aromatic rings. The molecule has 1 N–H and O–H groups in total. The van der Waals surface area contributed by atoms with Crippen LogP contribution in [0.1, 0.15) is 39.0 Å². The molecular weight excluding hydrogens is 294 g/mol. The molecule has 0 amide bonds. The van der Waals surface area contributed by atoms with Gasteiger partial charge in [0.15, 0.2) is 0 Å². The smallest absolute Gasteiger partial charge is 0.322 e. The Morgan fingerprint density at radius 3 is 2.22 bits per heavy atom. The van der Waals surface area contributed by atoms with Gasteiger partial charge in [0.05, 0.1) is 13.2 Å². The molecule has 2 atom stereocenters. The fraction of sp³-hybridized carbons (Fsp3) is 0.812. The van der Waals surface area contributed by atoms with Crippen LogP contribution in [0, 0.1) is 5.92 Å². The Morgan fingerprint density at radius 1 is 1.00 bits per heavy atom. The molecular formula is C16H27N5O2. The van der Waals surface area contributed by atoms with Crippen LogP contribution >= 0.6 is 0 Å². The topological polar surface area (TPSA) is 74.6 Å². The number of hydrogen-bond acceptors (Lipinski definition) is 7. The first kappa shape index (κ1) is 16.2. The SMILES string of the molecule is COc1nc(N2CCCCCC2)nc(N2CC[C@@H]([C@H](C)O)C2)n1. The van der Waals surface area contributed by atoms with Crippen molar-refractivity contribution in [2.45, 2.75) is 45.1 Å². The highest BCUT2D eigenvalue weighted by Crippen LogP contribution is 2.26. The van der Waals surface area contributed by atoms with Gasteiger partial charge in [-0.1, -0.05) is 12.8 Å². The Morgan fingerprint density at radius 2 is 1.65 bits per heavy atom. The monoisotopic (exact) mass is 321 g/mol. The Balaban J connectivity index is 1.81. The van der Waals surface area contributed by atoms with Crippen LogP contribution in [0.3, 0.4) is 0 Å². The lowest BCUT2D eigenvalue weighted by molar-refractivity contribution is 0.136. The zero-order valence-corrected chi connectivity index (χ0v) is 14.1. The van der Waals surface area contributed by atoms with Crippen molar-refractivity contribution in [2.75, 3.05) is 43.1 Å². The number of aromatic nitrogens is 3. The zero-order chi connectivity index (χ0) is 16.2. The second kappa shape index (κ2) is 7.29. The van der Waals surface area contributed by atoms with Crippen LogP contribution in [-0.4, -0.2) is 59.5 Å². The second-order valence-electron chi connectivity index (χ2n) is 6.56. The summed E-state index contributed by atoms with van der Waals surface area (Å²) in [6.07, 6.45) is 5.56. The summed E-state index contributed by atoms with van der Waals surface area (Å²) in [4.78, 5) is 17.9. The Hall–Kier alpha value is -1.63. The van der Waals surface area contributed by atoms with Gasteiger partial charge in [-0.15, -0.1) is 0 Å². The van der Waals surface area contributed by atoms with E-state index in [2.05, 4.69) is 19.8 Å². The minimum absolute atomic E-state index is 0.277. The van der Waals surface area contributed by atoms with E-state index in [1.807, 2.05) is 6.92 Å². The summed E-state index contributed by atoms with van der Waals surface area (Å²) in [6.45, 7) is 5.48. The first-order valence-corrected chi connectivity index (χ1v) is 8.65. The van der Waals surface area contributed by atoms with Crippen molar-refractivity contribution in [2.24, 2.45) is 5.92 Å². The van der Waals surface area contributed by atoms with Gasteiger partial charge in [0, 0.05) is 32.1 Å². The molecule has 128 valence electrons. The van der Waals surface area contributed by atoms with Gasteiger partial charge in [0.2, 0.25) is 11.9 Å². The van der Waals surface area contributed by atoms with Crippen molar-refractivity contribution < 1.29 is 9.84 Å². The van der Waals surface area contributed by atoms with Crippen molar-refractivity contribution in [1.29, 1.82) is 0 Å². The van der Waals surface area contributed by atoms with Gasteiger partial charge >= 0.3 is 6.01 Å². The molecule has 2 aliphatic heterocycles. The number of aliphatic hydroxyl groups excluding tert-OH is 1. The molecule has 0 bridgehead atoms. The highest BCUT2D eigenvalue weighted by Gasteiger charge is 2.29. The van der Waals surface area contributed by atoms with E-state index < -0.39 is 0 Å². The zero-order valence-electron chi connectivity index (χ0n) is 14.1. The molecule has 0 aromatic carbocycles. The predicted molar refractivity (Wildman–Crippen MR) is 89.1 cm³/mol. The van der Waals surface area contributed by atoms with Gasteiger partial charge in [-0.25, -0.2) is 0 Å². The highest BCUT2D eigenvalue weighted by molar-refractivity contribution is 5.41. The number of anilines is 2. The van der Waals surface area contributed by atoms with Crippen LogP contribution in [0.4, 0.5) is 11.9 Å². The van der Waals surface area contributed by atoms with Crippen molar-refractivity contribution in [3.05, 3.63) is 0 Å². The largest absolute Gasteiger partial charge is 0.467 e. The van der Waals surface area contributed by atoms with Crippen molar-refractivity contribution >= 4 is 11.9 Å². The Kier molecular flexibility index (Phi) is 5.15. The summed E-state index contributed by atoms with van der Waals surface area (Å²) in [5.74, 6) is 1.66. The van der Waals surface area contributed by atoms with E-state index in [1.165, 1.54) is 25.7 Å². The van der Waals surface area contributed by atoms with Gasteiger partial charge in [-0.2, -0.15) is 15.0 Å². The molecule has 0 aliphatic carbocycles. The van der Waals surface area contributed by atoms with E-state index in [1.54, 1.807) is 7.11 Å². The van der Waals surface area contributed by atoms with E-state index in [-0.39, 0.29) is 12.0 Å². The first-order chi connectivity index (χ1) is 11.2. The first-order valence-electron chi connectivity index (χ1n) is 8.65. The summed E-state index contributed by atoms with van der Waals surface area (Å²) in [6, 6.07) is 0.370. The van der Waals surface area contributed by atoms with Crippen LogP contribution < -0.4 is 14.5 Å². The fourth-order valence-electron chi connectivity index (χ4n) is 3.34. The minimum Gasteiger partial charge on any atom is -0.467 e. The molecule has 0 unspecified atom stereocenters. The number of rotatable bonds is 4. The molecule has 7 heteroatoms. The van der Waals surface area contributed by atoms with Gasteiger partial charge < -0.3 is 19.6 Å². The number of nitrogens with zero attached hydrogens (tertiary/aromatic N) is 5. The molecule has 0 radical (unpaired) electrons. The van der Waals surface area contributed by atoms with Crippen LogP contribution in [0.15, 0.2) is 0 Å². The fourth-order valence-corrected chi connectivity index (χ4v) is 3.34. The maximum absolute atomic E-state index is 9.79. The quantitative estimate of drug-likeness (QED) is 0.900. The molecule has 7 nitrogen and oxygen atoms in total. The van der Waals surface area contributed by atoms with Gasteiger partial charge in [0.1, 0.15) is 0 Å². The Bertz CT molecular complexity index is 517. The summed E-state index contributed by atoms with van der Waals surface area (Å²) >= 11 is 0. The second-order valence-corrected chi connectivity index (χ2v) is 6.56. The Labute approximate surface area is 137 Å². The molecule has 23 heavy (non-hydrogen) atoms. The molecule has 0 spiro atoms. The minimum atomic E-state index is -0.297. The van der Waals surface area contributed by atoms with Gasteiger partial charge in [-0.3, -0.25) is 0 Å². The normalized spacial score (nSPS) is 23.7. The lowest BCUT2D eigenvalue weighted by Gasteiger charge is -2.23. The van der Waals surface area contributed by atoms with E-state index >= 15 is 0 Å². The van der Waals surface area contributed by atoms with Crippen molar-refractivity contribution in [3.8, 4) is 6.01 Å². The van der Waals surface area contributed by atoms with E-state index in [9.17, 15) is 5.11 Å². The van der Waals surface area contributed by atoms with Gasteiger partial charge in [-0.05, 0) is 26.2 Å². The van der Waals surface area contributed by atoms with Crippen molar-refractivity contribution in [1.82, 2.24) is 15.0 Å². The third kappa shape index (κ3) is 3.83. The standard InChI is InChI=1S/C16H27N5O2/c1-12(22)13-7-10-21(11-13)15-17-14(18-16(19-15)23-2)20-8-5-3-4-6-9-20/h12-13,22H,3-11H2,1-2H3/t12-,13+/m0/s1. The number of hydrogen-bond donors (Lipinski definition) is 1. The van der Waals surface area contributed by atoms with Crippen LogP contribution in [0.5, 0.6) is 6.01 Å². The third-order valence-electron chi connectivity index (χ3n) is 4.85. The summed E-state index contributed by atoms with van der Waals surface area (Å²) < 4.78 is 5.29. The van der Waals surface area contributed by atoms with Crippen LogP contribution in [0.25, 0.3) is 0 Å². The average molecular weight is 321 g/mol. The van der Waals surface area contributed by atoms with E-state index in [0.717, 1.165) is 32.6 Å². The molecule has 2 aliphatic rings. The van der Waals surface area contributed by atoms with E-state index in [4.69, 9.17) is 9.72 Å². The summed E-state index contributed by atoms with van der Waals surface area (Å²) in [5.41, 5.74) is 0. The highest BCUT2D eigenvalue weighted by atomic mass is 16.5.